The fraction of sp³-hybridized carbons (Fsp3) is 0.519. The number of carbonyl (C=O) groups excluding carboxylic acids is 1. The normalized spacial score (nSPS) is 19.5. The monoisotopic (exact) mass is 513 g/mol. The molecule has 0 radical (unpaired) electrons. The Morgan fingerprint density at radius 1 is 0.861 bits per heavy atom. The first-order valence-corrected chi connectivity index (χ1v) is 14.5. The topological polar surface area (TPSA) is 79.4 Å². The zero-order chi connectivity index (χ0) is 25.0. The number of fused-ring (bicyclic) bond motifs is 1. The van der Waals surface area contributed by atoms with Gasteiger partial charge in [-0.05, 0) is 48.9 Å². The largest absolute Gasteiger partial charge is 0.454 e. The highest BCUT2D eigenvalue weighted by Crippen LogP contribution is 2.33. The maximum Gasteiger partial charge on any atom is 0.231 e. The van der Waals surface area contributed by atoms with Crippen LogP contribution >= 0.6 is 0 Å². The molecule has 1 amide bonds. The van der Waals surface area contributed by atoms with E-state index >= 15 is 0 Å². The summed E-state index contributed by atoms with van der Waals surface area (Å²) in [5.74, 6) is 1.84. The molecule has 194 valence electrons. The van der Waals surface area contributed by atoms with Crippen LogP contribution in [0.3, 0.4) is 0 Å². The van der Waals surface area contributed by atoms with Crippen LogP contribution in [0.25, 0.3) is 0 Å². The van der Waals surface area contributed by atoms with Crippen LogP contribution in [0.5, 0.6) is 11.5 Å². The van der Waals surface area contributed by atoms with Crippen molar-refractivity contribution in [1.82, 2.24) is 14.1 Å². The molecule has 2 saturated heterocycles. The standard InChI is InChI=1S/C27H35N3O5S/c31-27(29-16-14-28(15-17-29)20-23-8-9-25-26(19-23)35-21-34-25)24-10-12-30(13-11-24)36(32,33)18-4-7-22-5-2-1-3-6-22/h1-3,5-6,8-9,19,24H,4,7,10-18,20-21H2. The first-order valence-electron chi connectivity index (χ1n) is 12.9. The van der Waals surface area contributed by atoms with E-state index in [0.29, 0.717) is 45.4 Å². The second kappa shape index (κ2) is 11.2. The average Bonchev–Trinajstić information content (AvgIpc) is 3.37. The number of nitrogens with zero attached hydrogens (tertiary/aromatic N) is 3. The summed E-state index contributed by atoms with van der Waals surface area (Å²) < 4.78 is 38.1. The van der Waals surface area contributed by atoms with E-state index in [1.54, 1.807) is 4.31 Å². The fourth-order valence-electron chi connectivity index (χ4n) is 5.30. The van der Waals surface area contributed by atoms with Crippen molar-refractivity contribution in [2.24, 2.45) is 5.92 Å². The number of hydrogen-bond donors (Lipinski definition) is 0. The molecule has 36 heavy (non-hydrogen) atoms. The number of piperazine rings is 1. The molecule has 3 heterocycles. The lowest BCUT2D eigenvalue weighted by Crippen LogP contribution is -2.51. The number of piperidine rings is 1. The van der Waals surface area contributed by atoms with Gasteiger partial charge in [-0.1, -0.05) is 36.4 Å². The summed E-state index contributed by atoms with van der Waals surface area (Å²) in [5, 5.41) is 0. The van der Waals surface area contributed by atoms with Gasteiger partial charge in [0.2, 0.25) is 22.7 Å². The number of rotatable bonds is 8. The molecule has 0 aliphatic carbocycles. The van der Waals surface area contributed by atoms with Gasteiger partial charge < -0.3 is 14.4 Å². The molecule has 0 spiro atoms. The Balaban J connectivity index is 1.04. The Kier molecular flexibility index (Phi) is 7.79. The molecule has 0 aromatic heterocycles. The lowest BCUT2D eigenvalue weighted by atomic mass is 9.96. The van der Waals surface area contributed by atoms with Crippen molar-refractivity contribution in [3.63, 3.8) is 0 Å². The predicted octanol–water partition coefficient (Wildman–Crippen LogP) is 2.73. The summed E-state index contributed by atoms with van der Waals surface area (Å²) in [6.07, 6.45) is 2.58. The molecular formula is C27H35N3O5S. The zero-order valence-electron chi connectivity index (χ0n) is 20.7. The quantitative estimate of drug-likeness (QED) is 0.540. The summed E-state index contributed by atoms with van der Waals surface area (Å²) in [6.45, 7) is 5.05. The van der Waals surface area contributed by atoms with Crippen LogP contribution in [0, 0.1) is 5.92 Å². The van der Waals surface area contributed by atoms with Gasteiger partial charge in [0, 0.05) is 51.7 Å². The predicted molar refractivity (Wildman–Crippen MR) is 137 cm³/mol. The molecule has 9 heteroatoms. The second-order valence-corrected chi connectivity index (χ2v) is 12.0. The molecule has 2 aromatic carbocycles. The highest BCUT2D eigenvalue weighted by Gasteiger charge is 2.33. The highest BCUT2D eigenvalue weighted by molar-refractivity contribution is 7.89. The zero-order valence-corrected chi connectivity index (χ0v) is 21.5. The molecule has 0 saturated carbocycles. The minimum Gasteiger partial charge on any atom is -0.454 e. The number of carbonyl (C=O) groups is 1. The molecule has 5 rings (SSSR count). The lowest BCUT2D eigenvalue weighted by molar-refractivity contribution is -0.138. The second-order valence-electron chi connectivity index (χ2n) is 9.87. The van der Waals surface area contributed by atoms with E-state index in [0.717, 1.165) is 43.1 Å². The third-order valence-corrected chi connectivity index (χ3v) is 9.39. The number of aryl methyl sites for hydroxylation is 1. The van der Waals surface area contributed by atoms with E-state index in [2.05, 4.69) is 11.0 Å². The van der Waals surface area contributed by atoms with Crippen LogP contribution in [-0.2, 0) is 27.8 Å². The first kappa shape index (κ1) is 25.0. The van der Waals surface area contributed by atoms with E-state index in [1.165, 1.54) is 5.56 Å². The molecule has 2 aromatic rings. The van der Waals surface area contributed by atoms with Crippen molar-refractivity contribution in [1.29, 1.82) is 0 Å². The maximum atomic E-state index is 13.1. The Morgan fingerprint density at radius 3 is 2.33 bits per heavy atom. The molecule has 3 aliphatic heterocycles. The smallest absolute Gasteiger partial charge is 0.231 e. The van der Waals surface area contributed by atoms with Crippen molar-refractivity contribution >= 4 is 15.9 Å². The summed E-state index contributed by atoms with van der Waals surface area (Å²) >= 11 is 0. The Labute approximate surface area is 213 Å². The first-order chi connectivity index (χ1) is 17.5. The summed E-state index contributed by atoms with van der Waals surface area (Å²) in [4.78, 5) is 17.5. The van der Waals surface area contributed by atoms with Crippen molar-refractivity contribution in [2.45, 2.75) is 32.2 Å². The minimum absolute atomic E-state index is 0.0822. The summed E-state index contributed by atoms with van der Waals surface area (Å²) in [7, 11) is -3.28. The molecule has 0 bridgehead atoms. The van der Waals surface area contributed by atoms with Gasteiger partial charge in [-0.15, -0.1) is 0 Å². The highest BCUT2D eigenvalue weighted by atomic mass is 32.2. The van der Waals surface area contributed by atoms with Gasteiger partial charge in [0.1, 0.15) is 0 Å². The van der Waals surface area contributed by atoms with E-state index in [4.69, 9.17) is 9.47 Å². The number of amides is 1. The van der Waals surface area contributed by atoms with Crippen molar-refractivity contribution < 1.29 is 22.7 Å². The molecule has 8 nitrogen and oxygen atoms in total. The van der Waals surface area contributed by atoms with Crippen LogP contribution < -0.4 is 9.47 Å². The van der Waals surface area contributed by atoms with Crippen molar-refractivity contribution in [2.75, 3.05) is 51.8 Å². The van der Waals surface area contributed by atoms with Gasteiger partial charge in [0.25, 0.3) is 0 Å². The van der Waals surface area contributed by atoms with Crippen LogP contribution in [0.2, 0.25) is 0 Å². The van der Waals surface area contributed by atoms with Crippen molar-refractivity contribution in [3.05, 3.63) is 59.7 Å². The Hall–Kier alpha value is -2.62. The molecule has 0 atom stereocenters. The SMILES string of the molecule is O=C(C1CCN(S(=O)(=O)CCCc2ccccc2)CC1)N1CCN(Cc2ccc3c(c2)OCO3)CC1. The molecule has 0 N–H and O–H groups in total. The van der Waals surface area contributed by atoms with Gasteiger partial charge in [-0.3, -0.25) is 9.69 Å². The minimum atomic E-state index is -3.28. The number of hydrogen-bond acceptors (Lipinski definition) is 6. The third-order valence-electron chi connectivity index (χ3n) is 7.43. The summed E-state index contributed by atoms with van der Waals surface area (Å²) in [6, 6.07) is 16.0. The van der Waals surface area contributed by atoms with Gasteiger partial charge in [-0.25, -0.2) is 12.7 Å². The van der Waals surface area contributed by atoms with Gasteiger partial charge in [0.15, 0.2) is 11.5 Å². The van der Waals surface area contributed by atoms with Crippen molar-refractivity contribution in [3.8, 4) is 11.5 Å². The summed E-state index contributed by atoms with van der Waals surface area (Å²) in [5.41, 5.74) is 2.34. The Morgan fingerprint density at radius 2 is 1.58 bits per heavy atom. The molecule has 0 unspecified atom stereocenters. The average molecular weight is 514 g/mol. The van der Waals surface area contributed by atoms with Gasteiger partial charge in [-0.2, -0.15) is 0 Å². The van der Waals surface area contributed by atoms with E-state index in [9.17, 15) is 13.2 Å². The van der Waals surface area contributed by atoms with Crippen LogP contribution in [0.15, 0.2) is 48.5 Å². The van der Waals surface area contributed by atoms with Gasteiger partial charge >= 0.3 is 0 Å². The maximum absolute atomic E-state index is 13.1. The molecule has 3 aliphatic rings. The van der Waals surface area contributed by atoms with Crippen LogP contribution in [0.4, 0.5) is 0 Å². The molecule has 2 fully saturated rings. The van der Waals surface area contributed by atoms with Gasteiger partial charge in [0.05, 0.1) is 5.75 Å². The lowest BCUT2D eigenvalue weighted by Gasteiger charge is -2.38. The number of ether oxygens (including phenoxy) is 2. The van der Waals surface area contributed by atoms with Crippen LogP contribution in [0.1, 0.15) is 30.4 Å². The van der Waals surface area contributed by atoms with Crippen LogP contribution in [-0.4, -0.2) is 80.2 Å². The number of sulfonamides is 1. The third kappa shape index (κ3) is 6.02. The Bertz CT molecular complexity index is 1140. The molecular weight excluding hydrogens is 478 g/mol. The fourth-order valence-corrected chi connectivity index (χ4v) is 6.83. The van der Waals surface area contributed by atoms with E-state index in [-0.39, 0.29) is 24.4 Å². The van der Waals surface area contributed by atoms with E-state index in [1.807, 2.05) is 47.4 Å². The number of benzene rings is 2. The van der Waals surface area contributed by atoms with E-state index < -0.39 is 10.0 Å².